The molecule has 0 aliphatic heterocycles. The zero-order chi connectivity index (χ0) is 24.1. The average Bonchev–Trinajstić information content (AvgIpc) is 2.73. The number of nitrogens with zero attached hydrogens (tertiary/aromatic N) is 3. The zero-order valence-electron chi connectivity index (χ0n) is 16.2. The molecule has 0 saturated heterocycles. The standard InChI is InChI=1S/C20H13ClF3N5O3/c1-19(10-26,11-2-4-12(21)5-3-11)14-7-6-13(8-15(14)20(22,23)24)28-29-16(9-25)17(30)27-18(31)32/h2-8,28H,1H3,(H,27,30)(H,31,32). The Bertz CT molecular complexity index is 1170. The molecule has 0 heterocycles. The van der Waals surface area contributed by atoms with Crippen molar-refractivity contribution in [3.63, 3.8) is 0 Å². The minimum Gasteiger partial charge on any atom is -0.465 e. The predicted molar refractivity (Wildman–Crippen MR) is 108 cm³/mol. The molecule has 12 heteroatoms. The number of carboxylic acid groups (broad SMARTS) is 1. The van der Waals surface area contributed by atoms with Gasteiger partial charge in [-0.25, -0.2) is 4.79 Å². The normalized spacial score (nSPS) is 13.3. The quantitative estimate of drug-likeness (QED) is 0.447. The Kier molecular flexibility index (Phi) is 7.08. The smallest absolute Gasteiger partial charge is 0.416 e. The molecule has 0 radical (unpaired) electrons. The van der Waals surface area contributed by atoms with Crippen molar-refractivity contribution in [1.82, 2.24) is 5.32 Å². The lowest BCUT2D eigenvalue weighted by Gasteiger charge is -2.27. The first-order valence-electron chi connectivity index (χ1n) is 8.59. The van der Waals surface area contributed by atoms with E-state index in [0.29, 0.717) is 11.1 Å². The second-order valence-electron chi connectivity index (χ2n) is 6.45. The third-order valence-corrected chi connectivity index (χ3v) is 4.60. The summed E-state index contributed by atoms with van der Waals surface area (Å²) in [6.45, 7) is 1.33. The molecule has 3 N–H and O–H groups in total. The van der Waals surface area contributed by atoms with Gasteiger partial charge in [0.15, 0.2) is 0 Å². The summed E-state index contributed by atoms with van der Waals surface area (Å²) >= 11 is 5.83. The molecule has 0 aliphatic rings. The van der Waals surface area contributed by atoms with Crippen LogP contribution in [0.15, 0.2) is 47.6 Å². The molecule has 32 heavy (non-hydrogen) atoms. The van der Waals surface area contributed by atoms with Gasteiger partial charge < -0.3 is 5.11 Å². The summed E-state index contributed by atoms with van der Waals surface area (Å²) in [4.78, 5) is 22.0. The van der Waals surface area contributed by atoms with Crippen molar-refractivity contribution in [2.75, 3.05) is 5.43 Å². The van der Waals surface area contributed by atoms with Gasteiger partial charge in [-0.15, -0.1) is 0 Å². The maximum Gasteiger partial charge on any atom is 0.416 e. The van der Waals surface area contributed by atoms with E-state index >= 15 is 0 Å². The van der Waals surface area contributed by atoms with Crippen LogP contribution in [0.4, 0.5) is 23.7 Å². The van der Waals surface area contributed by atoms with Crippen LogP contribution in [0, 0.1) is 22.7 Å². The van der Waals surface area contributed by atoms with Crippen molar-refractivity contribution in [3.05, 3.63) is 64.2 Å². The van der Waals surface area contributed by atoms with Crippen LogP contribution in [0.5, 0.6) is 0 Å². The molecule has 1 unspecified atom stereocenters. The van der Waals surface area contributed by atoms with Gasteiger partial charge in [0.2, 0.25) is 5.71 Å². The van der Waals surface area contributed by atoms with Crippen LogP contribution >= 0.6 is 11.6 Å². The number of benzene rings is 2. The lowest BCUT2D eigenvalue weighted by atomic mass is 9.75. The molecule has 0 bridgehead atoms. The van der Waals surface area contributed by atoms with E-state index in [9.17, 15) is 28.0 Å². The highest BCUT2D eigenvalue weighted by Crippen LogP contribution is 2.42. The fourth-order valence-electron chi connectivity index (χ4n) is 2.75. The molecule has 0 aliphatic carbocycles. The minimum absolute atomic E-state index is 0.256. The number of hydrazone groups is 1. The lowest BCUT2D eigenvalue weighted by molar-refractivity contribution is -0.138. The van der Waals surface area contributed by atoms with Crippen molar-refractivity contribution in [3.8, 4) is 12.1 Å². The Hall–Kier alpha value is -4.09. The maximum absolute atomic E-state index is 13.8. The van der Waals surface area contributed by atoms with E-state index in [2.05, 4.69) is 10.5 Å². The summed E-state index contributed by atoms with van der Waals surface area (Å²) in [5.41, 5.74) is -1.95. The zero-order valence-corrected chi connectivity index (χ0v) is 16.9. The van der Waals surface area contributed by atoms with Crippen LogP contribution in [-0.4, -0.2) is 22.8 Å². The number of alkyl halides is 3. The van der Waals surface area contributed by atoms with Gasteiger partial charge in [0.1, 0.15) is 11.5 Å². The second-order valence-corrected chi connectivity index (χ2v) is 6.88. The number of amides is 2. The van der Waals surface area contributed by atoms with Gasteiger partial charge in [-0.3, -0.25) is 15.5 Å². The van der Waals surface area contributed by atoms with Gasteiger partial charge in [-0.2, -0.15) is 28.8 Å². The molecular weight excluding hydrogens is 451 g/mol. The first-order valence-corrected chi connectivity index (χ1v) is 8.97. The number of hydrogen-bond acceptors (Lipinski definition) is 6. The summed E-state index contributed by atoms with van der Waals surface area (Å²) in [5.74, 6) is -1.36. The van der Waals surface area contributed by atoms with Crippen molar-refractivity contribution >= 4 is 35.0 Å². The Morgan fingerprint density at radius 2 is 1.72 bits per heavy atom. The number of halogens is 4. The summed E-state index contributed by atoms with van der Waals surface area (Å²) in [5, 5.41) is 32.2. The van der Waals surface area contributed by atoms with E-state index in [0.717, 1.165) is 6.07 Å². The molecule has 2 amide bonds. The van der Waals surface area contributed by atoms with Crippen LogP contribution in [0.3, 0.4) is 0 Å². The van der Waals surface area contributed by atoms with Gasteiger partial charge in [0, 0.05) is 5.02 Å². The van der Waals surface area contributed by atoms with E-state index in [1.165, 1.54) is 48.6 Å². The number of hydrogen-bond donors (Lipinski definition) is 3. The van der Waals surface area contributed by atoms with Crippen molar-refractivity contribution < 1.29 is 27.9 Å². The third kappa shape index (κ3) is 5.33. The number of nitrogens with one attached hydrogen (secondary N) is 2. The molecule has 0 aromatic heterocycles. The average molecular weight is 464 g/mol. The molecule has 164 valence electrons. The van der Waals surface area contributed by atoms with Crippen LogP contribution in [0.1, 0.15) is 23.6 Å². The monoisotopic (exact) mass is 463 g/mol. The first-order chi connectivity index (χ1) is 14.9. The van der Waals surface area contributed by atoms with Crippen molar-refractivity contribution in [2.24, 2.45) is 5.10 Å². The van der Waals surface area contributed by atoms with Gasteiger partial charge in [-0.05, 0) is 42.3 Å². The highest BCUT2D eigenvalue weighted by Gasteiger charge is 2.41. The SMILES string of the molecule is CC(C#N)(c1ccc(Cl)cc1)c1ccc(NN=C(C#N)C(=O)NC(=O)O)cc1C(F)(F)F. The van der Waals surface area contributed by atoms with E-state index in [1.54, 1.807) is 0 Å². The Morgan fingerprint density at radius 3 is 2.22 bits per heavy atom. The van der Waals surface area contributed by atoms with E-state index in [-0.39, 0.29) is 16.8 Å². The Balaban J connectivity index is 2.53. The van der Waals surface area contributed by atoms with Crippen molar-refractivity contribution in [2.45, 2.75) is 18.5 Å². The lowest BCUT2D eigenvalue weighted by Crippen LogP contribution is -2.34. The summed E-state index contributed by atoms with van der Waals surface area (Å²) in [6.07, 6.45) is -6.60. The molecule has 0 fully saturated rings. The first kappa shape index (κ1) is 24.2. The van der Waals surface area contributed by atoms with E-state index in [1.807, 2.05) is 6.07 Å². The molecule has 2 aromatic rings. The van der Waals surface area contributed by atoms with Gasteiger partial charge in [0.05, 0.1) is 17.3 Å². The van der Waals surface area contributed by atoms with Crippen molar-refractivity contribution in [1.29, 1.82) is 10.5 Å². The minimum atomic E-state index is -4.86. The largest absolute Gasteiger partial charge is 0.465 e. The Morgan fingerprint density at radius 1 is 1.09 bits per heavy atom. The molecule has 2 rings (SSSR count). The fourth-order valence-corrected chi connectivity index (χ4v) is 2.88. The summed E-state index contributed by atoms with van der Waals surface area (Å²) < 4.78 is 41.5. The topological polar surface area (TPSA) is 138 Å². The fraction of sp³-hybridized carbons (Fsp3) is 0.150. The highest BCUT2D eigenvalue weighted by molar-refractivity contribution is 6.46. The predicted octanol–water partition coefficient (Wildman–Crippen LogP) is 4.27. The Labute approximate surface area is 184 Å². The van der Waals surface area contributed by atoms with Crippen LogP contribution in [-0.2, 0) is 16.4 Å². The second kappa shape index (κ2) is 9.37. The van der Waals surface area contributed by atoms with Crippen LogP contribution in [0.25, 0.3) is 0 Å². The molecule has 1 atom stereocenters. The van der Waals surface area contributed by atoms with Crippen LogP contribution < -0.4 is 10.7 Å². The van der Waals surface area contributed by atoms with Gasteiger partial charge in [0.25, 0.3) is 5.91 Å². The molecule has 8 nitrogen and oxygen atoms in total. The number of imide groups is 1. The molecular formula is C20H13ClF3N5O3. The number of rotatable bonds is 5. The van der Waals surface area contributed by atoms with E-state index < -0.39 is 34.9 Å². The maximum atomic E-state index is 13.8. The van der Waals surface area contributed by atoms with Gasteiger partial charge >= 0.3 is 12.3 Å². The number of carbonyl (C=O) groups excluding carboxylic acids is 1. The van der Waals surface area contributed by atoms with Crippen LogP contribution in [0.2, 0.25) is 5.02 Å². The highest BCUT2D eigenvalue weighted by atomic mass is 35.5. The summed E-state index contributed by atoms with van der Waals surface area (Å²) in [7, 11) is 0. The van der Waals surface area contributed by atoms with Gasteiger partial charge in [-0.1, -0.05) is 29.8 Å². The molecule has 0 spiro atoms. The summed E-state index contributed by atoms with van der Waals surface area (Å²) in [6, 6.07) is 11.9. The number of anilines is 1. The van der Waals surface area contributed by atoms with E-state index in [4.69, 9.17) is 22.0 Å². The number of carbonyl (C=O) groups is 2. The molecule has 2 aromatic carbocycles. The number of nitriles is 2. The third-order valence-electron chi connectivity index (χ3n) is 4.35. The molecule has 0 saturated carbocycles.